The topological polar surface area (TPSA) is 65.2 Å². The molecule has 2 rings (SSSR count). The summed E-state index contributed by atoms with van der Waals surface area (Å²) in [5.41, 5.74) is 6.81. The SMILES string of the molecule is CCOC(=O)c1nc2cc(Cl)ccc2cc1N. The number of carbonyl (C=O) groups is 1. The van der Waals surface area contributed by atoms with Gasteiger partial charge >= 0.3 is 5.97 Å². The molecule has 0 unspecified atom stereocenters. The van der Waals surface area contributed by atoms with Gasteiger partial charge in [0.15, 0.2) is 5.69 Å². The van der Waals surface area contributed by atoms with E-state index in [0.717, 1.165) is 5.39 Å². The van der Waals surface area contributed by atoms with Crippen LogP contribution in [-0.2, 0) is 4.74 Å². The summed E-state index contributed by atoms with van der Waals surface area (Å²) >= 11 is 5.86. The van der Waals surface area contributed by atoms with E-state index >= 15 is 0 Å². The molecule has 0 spiro atoms. The van der Waals surface area contributed by atoms with E-state index in [4.69, 9.17) is 22.1 Å². The van der Waals surface area contributed by atoms with Crippen LogP contribution < -0.4 is 5.73 Å². The summed E-state index contributed by atoms with van der Waals surface area (Å²) in [6.07, 6.45) is 0. The number of pyridine rings is 1. The average molecular weight is 251 g/mol. The number of hydrogen-bond donors (Lipinski definition) is 1. The van der Waals surface area contributed by atoms with E-state index in [9.17, 15) is 4.79 Å². The van der Waals surface area contributed by atoms with Gasteiger partial charge in [0, 0.05) is 10.4 Å². The molecule has 0 aliphatic rings. The molecule has 1 aromatic heterocycles. The average Bonchev–Trinajstić information content (AvgIpc) is 2.29. The Kier molecular flexibility index (Phi) is 3.15. The lowest BCUT2D eigenvalue weighted by Gasteiger charge is -2.06. The van der Waals surface area contributed by atoms with Crippen molar-refractivity contribution in [1.82, 2.24) is 4.98 Å². The normalized spacial score (nSPS) is 10.5. The molecule has 5 heteroatoms. The summed E-state index contributed by atoms with van der Waals surface area (Å²) in [6.45, 7) is 2.01. The summed E-state index contributed by atoms with van der Waals surface area (Å²) in [7, 11) is 0. The van der Waals surface area contributed by atoms with Crippen LogP contribution in [0, 0.1) is 0 Å². The van der Waals surface area contributed by atoms with Gasteiger partial charge in [0.05, 0.1) is 17.8 Å². The van der Waals surface area contributed by atoms with Crippen LogP contribution >= 0.6 is 11.6 Å². The van der Waals surface area contributed by atoms with Crippen LogP contribution in [0.2, 0.25) is 5.02 Å². The van der Waals surface area contributed by atoms with Crippen molar-refractivity contribution in [3.8, 4) is 0 Å². The van der Waals surface area contributed by atoms with Crippen molar-refractivity contribution in [2.45, 2.75) is 6.92 Å². The van der Waals surface area contributed by atoms with E-state index in [0.29, 0.717) is 16.2 Å². The summed E-state index contributed by atoms with van der Waals surface area (Å²) in [5.74, 6) is -0.521. The maximum Gasteiger partial charge on any atom is 0.359 e. The molecular formula is C12H11ClN2O2. The first kappa shape index (κ1) is 11.7. The molecule has 0 aliphatic heterocycles. The van der Waals surface area contributed by atoms with Crippen LogP contribution in [0.5, 0.6) is 0 Å². The third kappa shape index (κ3) is 2.31. The maximum atomic E-state index is 11.6. The summed E-state index contributed by atoms with van der Waals surface area (Å²) in [6, 6.07) is 6.91. The van der Waals surface area contributed by atoms with Crippen molar-refractivity contribution in [2.24, 2.45) is 0 Å². The number of benzene rings is 1. The highest BCUT2D eigenvalue weighted by molar-refractivity contribution is 6.31. The Balaban J connectivity index is 2.57. The smallest absolute Gasteiger partial charge is 0.359 e. The van der Waals surface area contributed by atoms with Crippen LogP contribution in [0.4, 0.5) is 5.69 Å². The summed E-state index contributed by atoms with van der Waals surface area (Å²) < 4.78 is 4.87. The zero-order chi connectivity index (χ0) is 12.4. The molecule has 17 heavy (non-hydrogen) atoms. The minimum Gasteiger partial charge on any atom is -0.461 e. The number of rotatable bonds is 2. The van der Waals surface area contributed by atoms with Gasteiger partial charge in [-0.2, -0.15) is 0 Å². The molecule has 0 radical (unpaired) electrons. The predicted molar refractivity (Wildman–Crippen MR) is 67.1 cm³/mol. The Morgan fingerprint density at radius 2 is 2.24 bits per heavy atom. The number of nitrogens with two attached hydrogens (primary N) is 1. The van der Waals surface area contributed by atoms with E-state index in [2.05, 4.69) is 4.98 Å². The first-order chi connectivity index (χ1) is 8.11. The molecule has 0 atom stereocenters. The number of hydrogen-bond acceptors (Lipinski definition) is 4. The number of halogens is 1. The molecule has 0 fully saturated rings. The Labute approximate surface area is 103 Å². The third-order valence-electron chi connectivity index (χ3n) is 2.28. The molecule has 0 aliphatic carbocycles. The van der Waals surface area contributed by atoms with Gasteiger partial charge < -0.3 is 10.5 Å². The first-order valence-electron chi connectivity index (χ1n) is 5.14. The number of fused-ring (bicyclic) bond motifs is 1. The zero-order valence-electron chi connectivity index (χ0n) is 9.24. The van der Waals surface area contributed by atoms with Gasteiger partial charge in [-0.25, -0.2) is 9.78 Å². The molecule has 0 saturated heterocycles. The molecule has 0 saturated carbocycles. The third-order valence-corrected chi connectivity index (χ3v) is 2.51. The minimum atomic E-state index is -0.521. The molecule has 4 nitrogen and oxygen atoms in total. The van der Waals surface area contributed by atoms with E-state index < -0.39 is 5.97 Å². The van der Waals surface area contributed by atoms with E-state index in [1.165, 1.54) is 0 Å². The number of nitrogen functional groups attached to an aromatic ring is 1. The number of nitrogens with zero attached hydrogens (tertiary/aromatic N) is 1. The highest BCUT2D eigenvalue weighted by Gasteiger charge is 2.13. The minimum absolute atomic E-state index is 0.126. The van der Waals surface area contributed by atoms with Crippen LogP contribution in [0.15, 0.2) is 24.3 Å². The molecule has 88 valence electrons. The van der Waals surface area contributed by atoms with Gasteiger partial charge in [0.1, 0.15) is 0 Å². The van der Waals surface area contributed by atoms with Crippen molar-refractivity contribution in [1.29, 1.82) is 0 Å². The van der Waals surface area contributed by atoms with Gasteiger partial charge in [-0.3, -0.25) is 0 Å². The van der Waals surface area contributed by atoms with Crippen molar-refractivity contribution in [3.05, 3.63) is 35.0 Å². The first-order valence-corrected chi connectivity index (χ1v) is 5.52. The zero-order valence-corrected chi connectivity index (χ0v) is 9.99. The molecule has 1 heterocycles. The fraction of sp³-hybridized carbons (Fsp3) is 0.167. The second-order valence-corrected chi connectivity index (χ2v) is 3.92. The maximum absolute atomic E-state index is 11.6. The molecule has 2 N–H and O–H groups in total. The van der Waals surface area contributed by atoms with Gasteiger partial charge in [-0.05, 0) is 25.1 Å². The Morgan fingerprint density at radius 1 is 1.47 bits per heavy atom. The Hall–Kier alpha value is -1.81. The van der Waals surface area contributed by atoms with Crippen LogP contribution in [0.3, 0.4) is 0 Å². The van der Waals surface area contributed by atoms with Crippen molar-refractivity contribution in [3.63, 3.8) is 0 Å². The molecule has 2 aromatic rings. The Morgan fingerprint density at radius 3 is 2.94 bits per heavy atom. The highest BCUT2D eigenvalue weighted by atomic mass is 35.5. The van der Waals surface area contributed by atoms with Gasteiger partial charge in [0.25, 0.3) is 0 Å². The van der Waals surface area contributed by atoms with Crippen molar-refractivity contribution in [2.75, 3.05) is 12.3 Å². The molecular weight excluding hydrogens is 240 g/mol. The Bertz CT molecular complexity index is 584. The van der Waals surface area contributed by atoms with Crippen molar-refractivity contribution >= 4 is 34.2 Å². The van der Waals surface area contributed by atoms with E-state index in [1.54, 1.807) is 31.2 Å². The van der Waals surface area contributed by atoms with Gasteiger partial charge in [-0.15, -0.1) is 0 Å². The molecule has 1 aromatic carbocycles. The summed E-state index contributed by atoms with van der Waals surface area (Å²) in [4.78, 5) is 15.8. The molecule has 0 amide bonds. The standard InChI is InChI=1S/C12H11ClN2O2/c1-2-17-12(16)11-9(14)5-7-3-4-8(13)6-10(7)15-11/h3-6H,2,14H2,1H3. The number of carbonyl (C=O) groups excluding carboxylic acids is 1. The van der Waals surface area contributed by atoms with Gasteiger partial charge in [-0.1, -0.05) is 17.7 Å². The quantitative estimate of drug-likeness (QED) is 0.832. The molecule has 0 bridgehead atoms. The number of ether oxygens (including phenoxy) is 1. The van der Waals surface area contributed by atoms with Crippen molar-refractivity contribution < 1.29 is 9.53 Å². The predicted octanol–water partition coefficient (Wildman–Crippen LogP) is 2.65. The number of esters is 1. The lowest BCUT2D eigenvalue weighted by molar-refractivity contribution is 0.0521. The second kappa shape index (κ2) is 4.59. The lowest BCUT2D eigenvalue weighted by atomic mass is 10.2. The fourth-order valence-electron chi connectivity index (χ4n) is 1.52. The second-order valence-electron chi connectivity index (χ2n) is 3.48. The fourth-order valence-corrected chi connectivity index (χ4v) is 1.69. The van der Waals surface area contributed by atoms with Crippen LogP contribution in [-0.4, -0.2) is 17.6 Å². The lowest BCUT2D eigenvalue weighted by Crippen LogP contribution is -2.10. The highest BCUT2D eigenvalue weighted by Crippen LogP contribution is 2.22. The largest absolute Gasteiger partial charge is 0.461 e. The summed E-state index contributed by atoms with van der Waals surface area (Å²) in [5, 5.41) is 1.39. The van der Waals surface area contributed by atoms with Crippen LogP contribution in [0.1, 0.15) is 17.4 Å². The van der Waals surface area contributed by atoms with E-state index in [-0.39, 0.29) is 12.3 Å². The van der Waals surface area contributed by atoms with Crippen LogP contribution in [0.25, 0.3) is 10.9 Å². The van der Waals surface area contributed by atoms with Gasteiger partial charge in [0.2, 0.25) is 0 Å². The van der Waals surface area contributed by atoms with E-state index in [1.807, 2.05) is 0 Å². The number of anilines is 1. The monoisotopic (exact) mass is 250 g/mol. The number of aromatic nitrogens is 1.